The van der Waals surface area contributed by atoms with Crippen molar-refractivity contribution in [2.75, 3.05) is 10.7 Å². The van der Waals surface area contributed by atoms with Gasteiger partial charge < -0.3 is 10.7 Å². The predicted octanol–water partition coefficient (Wildman–Crippen LogP) is 4.07. The fraction of sp³-hybridized carbons (Fsp3) is 0. The monoisotopic (exact) mass is 330 g/mol. The standard InChI is InChI=1S/C12H9Cl2FN4O2/c13-10-4-7(5-11(14)12(10)15)17-6-1-8(18-16)3-9(2-6)19(20)21/h1-5,17-18H,16H2. The summed E-state index contributed by atoms with van der Waals surface area (Å²) in [4.78, 5) is 10.3. The van der Waals surface area contributed by atoms with Crippen LogP contribution in [-0.2, 0) is 0 Å². The molecule has 0 saturated heterocycles. The third kappa shape index (κ3) is 3.52. The maximum absolute atomic E-state index is 13.3. The molecule has 0 radical (unpaired) electrons. The van der Waals surface area contributed by atoms with E-state index in [0.29, 0.717) is 17.1 Å². The van der Waals surface area contributed by atoms with Gasteiger partial charge >= 0.3 is 0 Å². The summed E-state index contributed by atoms with van der Waals surface area (Å²) in [5.74, 6) is 4.53. The van der Waals surface area contributed by atoms with Crippen LogP contribution in [0.4, 0.5) is 27.1 Å². The lowest BCUT2D eigenvalue weighted by Crippen LogP contribution is -2.07. The van der Waals surface area contributed by atoms with Crippen molar-refractivity contribution in [1.29, 1.82) is 0 Å². The number of hydrogen-bond donors (Lipinski definition) is 3. The van der Waals surface area contributed by atoms with E-state index in [1.807, 2.05) is 0 Å². The molecule has 0 saturated carbocycles. The number of nitro groups is 1. The van der Waals surface area contributed by atoms with Crippen LogP contribution in [0.1, 0.15) is 0 Å². The highest BCUT2D eigenvalue weighted by molar-refractivity contribution is 6.35. The third-order valence-electron chi connectivity index (χ3n) is 2.57. The topological polar surface area (TPSA) is 93.2 Å². The number of nitro benzene ring substituents is 1. The van der Waals surface area contributed by atoms with Crippen LogP contribution in [0.25, 0.3) is 0 Å². The molecule has 2 aromatic carbocycles. The minimum absolute atomic E-state index is 0.160. The van der Waals surface area contributed by atoms with Gasteiger partial charge in [-0.3, -0.25) is 16.0 Å². The first-order valence-electron chi connectivity index (χ1n) is 5.58. The Bertz CT molecular complexity index is 689. The second-order valence-corrected chi connectivity index (χ2v) is 4.86. The van der Waals surface area contributed by atoms with Crippen molar-refractivity contribution in [3.05, 3.63) is 56.3 Å². The predicted molar refractivity (Wildman–Crippen MR) is 80.6 cm³/mol. The van der Waals surface area contributed by atoms with E-state index >= 15 is 0 Å². The molecular weight excluding hydrogens is 322 g/mol. The highest BCUT2D eigenvalue weighted by Gasteiger charge is 2.11. The third-order valence-corrected chi connectivity index (χ3v) is 3.12. The van der Waals surface area contributed by atoms with Gasteiger partial charge in [-0.25, -0.2) is 4.39 Å². The maximum Gasteiger partial charge on any atom is 0.273 e. The molecule has 0 aromatic heterocycles. The van der Waals surface area contributed by atoms with E-state index in [-0.39, 0.29) is 15.7 Å². The molecule has 0 atom stereocenters. The van der Waals surface area contributed by atoms with Crippen LogP contribution in [0.15, 0.2) is 30.3 Å². The van der Waals surface area contributed by atoms with E-state index in [4.69, 9.17) is 29.0 Å². The highest BCUT2D eigenvalue weighted by atomic mass is 35.5. The Hall–Kier alpha value is -2.09. The van der Waals surface area contributed by atoms with Gasteiger partial charge in [-0.15, -0.1) is 0 Å². The highest BCUT2D eigenvalue weighted by Crippen LogP contribution is 2.31. The smallest absolute Gasteiger partial charge is 0.273 e. The molecule has 2 rings (SSSR count). The van der Waals surface area contributed by atoms with Gasteiger partial charge in [0.25, 0.3) is 5.69 Å². The van der Waals surface area contributed by atoms with Crippen LogP contribution in [0.2, 0.25) is 10.0 Å². The number of hydrazine groups is 1. The SMILES string of the molecule is NNc1cc(Nc2cc(Cl)c(F)c(Cl)c2)cc([N+](=O)[O-])c1. The van der Waals surface area contributed by atoms with Crippen molar-refractivity contribution >= 4 is 46.0 Å². The number of non-ortho nitro benzene ring substituents is 1. The van der Waals surface area contributed by atoms with Crippen molar-refractivity contribution in [1.82, 2.24) is 0 Å². The van der Waals surface area contributed by atoms with Gasteiger partial charge in [0, 0.05) is 23.5 Å². The van der Waals surface area contributed by atoms with E-state index in [0.717, 1.165) is 0 Å². The van der Waals surface area contributed by atoms with E-state index < -0.39 is 10.7 Å². The number of nitrogens with one attached hydrogen (secondary N) is 2. The molecule has 0 aliphatic rings. The van der Waals surface area contributed by atoms with Gasteiger partial charge in [-0.2, -0.15) is 0 Å². The summed E-state index contributed by atoms with van der Waals surface area (Å²) in [7, 11) is 0. The zero-order valence-electron chi connectivity index (χ0n) is 10.4. The summed E-state index contributed by atoms with van der Waals surface area (Å²) in [6.07, 6.45) is 0. The molecule has 0 aliphatic heterocycles. The van der Waals surface area contributed by atoms with Crippen molar-refractivity contribution in [2.24, 2.45) is 5.84 Å². The lowest BCUT2D eigenvalue weighted by molar-refractivity contribution is -0.384. The molecule has 0 bridgehead atoms. The average molecular weight is 331 g/mol. The fourth-order valence-corrected chi connectivity index (χ4v) is 2.15. The number of nitrogens with two attached hydrogens (primary N) is 1. The van der Waals surface area contributed by atoms with Crippen molar-refractivity contribution in [3.63, 3.8) is 0 Å². The van der Waals surface area contributed by atoms with Gasteiger partial charge in [-0.05, 0) is 18.2 Å². The van der Waals surface area contributed by atoms with Gasteiger partial charge in [-0.1, -0.05) is 23.2 Å². The first kappa shape index (κ1) is 15.3. The lowest BCUT2D eigenvalue weighted by Gasteiger charge is -2.10. The molecule has 9 heteroatoms. The molecule has 6 nitrogen and oxygen atoms in total. The molecule has 0 amide bonds. The molecule has 0 spiro atoms. The van der Waals surface area contributed by atoms with Crippen molar-refractivity contribution in [2.45, 2.75) is 0 Å². The number of halogens is 3. The maximum atomic E-state index is 13.3. The van der Waals surface area contributed by atoms with Gasteiger partial charge in [0.15, 0.2) is 5.82 Å². The van der Waals surface area contributed by atoms with Crippen LogP contribution in [0, 0.1) is 15.9 Å². The molecule has 0 fully saturated rings. The number of benzene rings is 2. The van der Waals surface area contributed by atoms with Crippen LogP contribution in [-0.4, -0.2) is 4.92 Å². The fourth-order valence-electron chi connectivity index (χ4n) is 1.67. The summed E-state index contributed by atoms with van der Waals surface area (Å²) < 4.78 is 13.3. The van der Waals surface area contributed by atoms with Crippen LogP contribution < -0.4 is 16.6 Å². The minimum atomic E-state index is -0.729. The summed E-state index contributed by atoms with van der Waals surface area (Å²) in [5.41, 5.74) is 3.26. The Morgan fingerprint density at radius 1 is 1.05 bits per heavy atom. The normalized spacial score (nSPS) is 10.3. The molecule has 2 aromatic rings. The first-order valence-corrected chi connectivity index (χ1v) is 6.34. The van der Waals surface area contributed by atoms with E-state index in [9.17, 15) is 14.5 Å². The van der Waals surface area contributed by atoms with E-state index in [1.54, 1.807) is 0 Å². The molecule has 0 aliphatic carbocycles. The van der Waals surface area contributed by atoms with Gasteiger partial charge in [0.1, 0.15) is 0 Å². The molecule has 4 N–H and O–H groups in total. The number of hydrogen-bond acceptors (Lipinski definition) is 5. The number of anilines is 3. The summed E-state index contributed by atoms with van der Waals surface area (Å²) in [6, 6.07) is 6.74. The second-order valence-electron chi connectivity index (χ2n) is 4.05. The Morgan fingerprint density at radius 3 is 2.10 bits per heavy atom. The Balaban J connectivity index is 2.39. The molecule has 21 heavy (non-hydrogen) atoms. The van der Waals surface area contributed by atoms with Crippen LogP contribution >= 0.6 is 23.2 Å². The van der Waals surface area contributed by atoms with Gasteiger partial charge in [0.2, 0.25) is 0 Å². The number of nitrogen functional groups attached to an aromatic ring is 1. The Kier molecular flexibility index (Phi) is 4.46. The molecule has 0 heterocycles. The van der Waals surface area contributed by atoms with E-state index in [2.05, 4.69) is 10.7 Å². The van der Waals surface area contributed by atoms with Crippen molar-refractivity contribution < 1.29 is 9.31 Å². The van der Waals surface area contributed by atoms with Gasteiger partial charge in [0.05, 0.1) is 20.7 Å². The number of nitrogens with zero attached hydrogens (tertiary/aromatic N) is 1. The Morgan fingerprint density at radius 2 is 1.57 bits per heavy atom. The average Bonchev–Trinajstić information content (AvgIpc) is 2.44. The summed E-state index contributed by atoms with van der Waals surface area (Å²) in [6.45, 7) is 0. The number of rotatable bonds is 4. The van der Waals surface area contributed by atoms with Crippen LogP contribution in [0.3, 0.4) is 0 Å². The largest absolute Gasteiger partial charge is 0.355 e. The zero-order chi connectivity index (χ0) is 15.6. The molecule has 0 unspecified atom stereocenters. The zero-order valence-corrected chi connectivity index (χ0v) is 11.9. The lowest BCUT2D eigenvalue weighted by atomic mass is 10.2. The summed E-state index contributed by atoms with van der Waals surface area (Å²) >= 11 is 11.4. The summed E-state index contributed by atoms with van der Waals surface area (Å²) in [5, 5.41) is 13.4. The molecular formula is C12H9Cl2FN4O2. The Labute approximate surface area is 128 Å². The van der Waals surface area contributed by atoms with Crippen LogP contribution in [0.5, 0.6) is 0 Å². The quantitative estimate of drug-likeness (QED) is 0.340. The first-order chi connectivity index (χ1) is 9.90. The van der Waals surface area contributed by atoms with Crippen molar-refractivity contribution in [3.8, 4) is 0 Å². The second kappa shape index (κ2) is 6.13. The minimum Gasteiger partial charge on any atom is -0.355 e. The van der Waals surface area contributed by atoms with E-state index in [1.165, 1.54) is 30.3 Å². The molecule has 110 valence electrons.